The number of para-hydroxylation sites is 1. The molecule has 1 atom stereocenters. The first-order chi connectivity index (χ1) is 7.77. The smallest absolute Gasteiger partial charge is 0.126 e. The Morgan fingerprint density at radius 3 is 2.94 bits per heavy atom. The largest absolute Gasteiger partial charge is 0.496 e. The molecule has 0 aliphatic rings. The van der Waals surface area contributed by atoms with Crippen LogP contribution in [0.2, 0.25) is 0 Å². The van der Waals surface area contributed by atoms with Crippen LogP contribution < -0.4 is 4.74 Å². The van der Waals surface area contributed by atoms with E-state index in [0.29, 0.717) is 12.8 Å². The average molecular weight is 216 g/mol. The van der Waals surface area contributed by atoms with Crippen LogP contribution in [0.25, 0.3) is 6.08 Å². The van der Waals surface area contributed by atoms with E-state index < -0.39 is 6.10 Å². The number of ether oxygens (including phenoxy) is 1. The summed E-state index contributed by atoms with van der Waals surface area (Å²) in [7, 11) is 1.64. The number of methoxy groups -OCH3 is 1. The van der Waals surface area contributed by atoms with Gasteiger partial charge in [-0.15, -0.1) is 12.3 Å². The Balaban J connectivity index is 2.59. The summed E-state index contributed by atoms with van der Waals surface area (Å²) in [6, 6.07) is 7.73. The lowest BCUT2D eigenvalue weighted by Gasteiger charge is -2.04. The monoisotopic (exact) mass is 216 g/mol. The molecule has 0 aromatic heterocycles. The van der Waals surface area contributed by atoms with Crippen LogP contribution in [0.4, 0.5) is 0 Å². The summed E-state index contributed by atoms with van der Waals surface area (Å²) >= 11 is 0. The molecular formula is C14H16O2. The fourth-order valence-electron chi connectivity index (χ4n) is 1.38. The molecule has 0 saturated carbocycles. The minimum Gasteiger partial charge on any atom is -0.496 e. The van der Waals surface area contributed by atoms with Gasteiger partial charge in [-0.05, 0) is 12.5 Å². The molecule has 2 nitrogen and oxygen atoms in total. The molecule has 1 aromatic carbocycles. The van der Waals surface area contributed by atoms with E-state index in [1.165, 1.54) is 0 Å². The summed E-state index contributed by atoms with van der Waals surface area (Å²) in [4.78, 5) is 0. The van der Waals surface area contributed by atoms with Gasteiger partial charge >= 0.3 is 0 Å². The van der Waals surface area contributed by atoms with Crippen molar-refractivity contribution in [2.45, 2.75) is 18.9 Å². The van der Waals surface area contributed by atoms with Gasteiger partial charge in [0, 0.05) is 12.0 Å². The zero-order valence-corrected chi connectivity index (χ0v) is 9.39. The minimum atomic E-state index is -0.462. The van der Waals surface area contributed by atoms with Crippen molar-refractivity contribution in [3.05, 3.63) is 35.9 Å². The SMILES string of the molecule is C#CCC(O)C/C=C/c1ccccc1OC. The Kier molecular flexibility index (Phi) is 5.18. The zero-order chi connectivity index (χ0) is 11.8. The van der Waals surface area contributed by atoms with Crippen molar-refractivity contribution in [3.63, 3.8) is 0 Å². The summed E-state index contributed by atoms with van der Waals surface area (Å²) in [5, 5.41) is 9.43. The maximum Gasteiger partial charge on any atom is 0.126 e. The van der Waals surface area contributed by atoms with Crippen molar-refractivity contribution >= 4 is 6.08 Å². The van der Waals surface area contributed by atoms with Crippen molar-refractivity contribution in [3.8, 4) is 18.1 Å². The third-order valence-electron chi connectivity index (χ3n) is 2.20. The van der Waals surface area contributed by atoms with Crippen LogP contribution in [0, 0.1) is 12.3 Å². The molecule has 1 aromatic rings. The third-order valence-corrected chi connectivity index (χ3v) is 2.20. The highest BCUT2D eigenvalue weighted by Gasteiger charge is 1.99. The molecule has 84 valence electrons. The van der Waals surface area contributed by atoms with Crippen molar-refractivity contribution in [1.82, 2.24) is 0 Å². The quantitative estimate of drug-likeness (QED) is 0.766. The van der Waals surface area contributed by atoms with E-state index in [9.17, 15) is 5.11 Å². The number of benzene rings is 1. The second kappa shape index (κ2) is 6.71. The molecule has 0 radical (unpaired) electrons. The fraction of sp³-hybridized carbons (Fsp3) is 0.286. The molecule has 1 unspecified atom stereocenters. The summed E-state index contributed by atoms with van der Waals surface area (Å²) in [5.74, 6) is 3.25. The van der Waals surface area contributed by atoms with Gasteiger partial charge in [-0.2, -0.15) is 0 Å². The second-order valence-corrected chi connectivity index (χ2v) is 3.44. The minimum absolute atomic E-state index is 0.385. The molecule has 0 bridgehead atoms. The Morgan fingerprint density at radius 1 is 1.50 bits per heavy atom. The molecule has 0 fully saturated rings. The topological polar surface area (TPSA) is 29.5 Å². The van der Waals surface area contributed by atoms with Crippen molar-refractivity contribution in [2.24, 2.45) is 0 Å². The van der Waals surface area contributed by atoms with Gasteiger partial charge in [0.25, 0.3) is 0 Å². The maximum absolute atomic E-state index is 9.43. The molecule has 16 heavy (non-hydrogen) atoms. The number of hydrogen-bond acceptors (Lipinski definition) is 2. The lowest BCUT2D eigenvalue weighted by Crippen LogP contribution is -2.02. The van der Waals surface area contributed by atoms with Gasteiger partial charge in [0.05, 0.1) is 13.2 Å². The maximum atomic E-state index is 9.43. The predicted octanol–water partition coefficient (Wildman–Crippen LogP) is 2.48. The summed E-state index contributed by atoms with van der Waals surface area (Å²) in [6.07, 6.45) is 9.42. The van der Waals surface area contributed by atoms with Gasteiger partial charge in [-0.1, -0.05) is 30.4 Å². The second-order valence-electron chi connectivity index (χ2n) is 3.44. The molecule has 0 heterocycles. The fourth-order valence-corrected chi connectivity index (χ4v) is 1.38. The van der Waals surface area contributed by atoms with E-state index in [-0.39, 0.29) is 0 Å². The Hall–Kier alpha value is -1.72. The molecule has 0 saturated heterocycles. The van der Waals surface area contributed by atoms with E-state index in [1.807, 2.05) is 36.4 Å². The van der Waals surface area contributed by atoms with Crippen LogP contribution in [-0.4, -0.2) is 18.3 Å². The normalized spacial score (nSPS) is 12.3. The average Bonchev–Trinajstić information content (AvgIpc) is 2.30. The molecule has 0 aliphatic carbocycles. The van der Waals surface area contributed by atoms with Crippen molar-refractivity contribution in [2.75, 3.05) is 7.11 Å². The van der Waals surface area contributed by atoms with Crippen LogP contribution in [0.3, 0.4) is 0 Å². The van der Waals surface area contributed by atoms with Gasteiger partial charge in [0.2, 0.25) is 0 Å². The lowest BCUT2D eigenvalue weighted by molar-refractivity contribution is 0.184. The standard InChI is InChI=1S/C14H16O2/c1-3-7-13(15)10-6-9-12-8-4-5-11-14(12)16-2/h1,4-6,8-9,11,13,15H,7,10H2,2H3/b9-6+. The van der Waals surface area contributed by atoms with E-state index >= 15 is 0 Å². The number of aliphatic hydroxyl groups is 1. The molecule has 1 N–H and O–H groups in total. The van der Waals surface area contributed by atoms with Crippen LogP contribution in [0.15, 0.2) is 30.3 Å². The van der Waals surface area contributed by atoms with Crippen molar-refractivity contribution < 1.29 is 9.84 Å². The number of rotatable bonds is 5. The molecule has 2 heteroatoms. The summed E-state index contributed by atoms with van der Waals surface area (Å²) < 4.78 is 5.20. The highest BCUT2D eigenvalue weighted by molar-refractivity contribution is 5.57. The highest BCUT2D eigenvalue weighted by Crippen LogP contribution is 2.19. The zero-order valence-electron chi connectivity index (χ0n) is 9.39. The molecule has 1 rings (SSSR count). The predicted molar refractivity (Wildman–Crippen MR) is 66.1 cm³/mol. The first kappa shape index (κ1) is 12.4. The lowest BCUT2D eigenvalue weighted by atomic mass is 10.1. The molecule has 0 amide bonds. The van der Waals surface area contributed by atoms with Crippen LogP contribution in [0.5, 0.6) is 5.75 Å². The van der Waals surface area contributed by atoms with Gasteiger partial charge in [0.15, 0.2) is 0 Å². The van der Waals surface area contributed by atoms with Gasteiger partial charge in [-0.3, -0.25) is 0 Å². The van der Waals surface area contributed by atoms with Crippen LogP contribution >= 0.6 is 0 Å². The van der Waals surface area contributed by atoms with Crippen molar-refractivity contribution in [1.29, 1.82) is 0 Å². The highest BCUT2D eigenvalue weighted by atomic mass is 16.5. The first-order valence-electron chi connectivity index (χ1n) is 5.19. The molecular weight excluding hydrogens is 200 g/mol. The summed E-state index contributed by atoms with van der Waals surface area (Å²) in [5.41, 5.74) is 0.998. The van der Waals surface area contributed by atoms with Gasteiger partial charge < -0.3 is 9.84 Å². The van der Waals surface area contributed by atoms with Gasteiger partial charge in [-0.25, -0.2) is 0 Å². The molecule has 0 aliphatic heterocycles. The van der Waals surface area contributed by atoms with Crippen LogP contribution in [-0.2, 0) is 0 Å². The number of aliphatic hydroxyl groups excluding tert-OH is 1. The first-order valence-corrected chi connectivity index (χ1v) is 5.19. The molecule has 0 spiro atoms. The van der Waals surface area contributed by atoms with E-state index in [4.69, 9.17) is 11.2 Å². The van der Waals surface area contributed by atoms with Gasteiger partial charge in [0.1, 0.15) is 5.75 Å². The number of hydrogen-bond donors (Lipinski definition) is 1. The van der Waals surface area contributed by atoms with E-state index in [2.05, 4.69) is 5.92 Å². The Bertz CT molecular complexity index is 388. The Morgan fingerprint density at radius 2 is 2.25 bits per heavy atom. The Labute approximate surface area is 96.6 Å². The number of terminal acetylenes is 1. The van der Waals surface area contributed by atoms with E-state index in [0.717, 1.165) is 11.3 Å². The summed E-state index contributed by atoms with van der Waals surface area (Å²) in [6.45, 7) is 0. The van der Waals surface area contributed by atoms with E-state index in [1.54, 1.807) is 7.11 Å². The third kappa shape index (κ3) is 3.80. The van der Waals surface area contributed by atoms with Crippen LogP contribution in [0.1, 0.15) is 18.4 Å².